The van der Waals surface area contributed by atoms with Crippen LogP contribution in [0.5, 0.6) is 0 Å². The lowest BCUT2D eigenvalue weighted by atomic mass is 9.46. The highest BCUT2D eigenvalue weighted by Gasteiger charge is 2.42. The Bertz CT molecular complexity index is 2670. The first-order valence-corrected chi connectivity index (χ1v) is 22.6. The molecule has 6 aromatic carbocycles. The van der Waals surface area contributed by atoms with Gasteiger partial charge in [0.05, 0.1) is 0 Å². The molecule has 5 heterocycles. The van der Waals surface area contributed by atoms with Gasteiger partial charge in [-0.05, 0) is 127 Å². The van der Waals surface area contributed by atoms with E-state index in [1.165, 1.54) is 85.4 Å². The minimum Gasteiger partial charge on any atom is -0.375 e. The van der Waals surface area contributed by atoms with Gasteiger partial charge in [0.1, 0.15) is 0 Å². The normalized spacial score (nSPS) is 15.1. The summed E-state index contributed by atoms with van der Waals surface area (Å²) in [6.45, 7) is 9.40. The molecule has 0 aliphatic carbocycles. The van der Waals surface area contributed by atoms with Gasteiger partial charge in [-0.25, -0.2) is 0 Å². The fourth-order valence-corrected chi connectivity index (χ4v) is 10.9. The van der Waals surface area contributed by atoms with E-state index in [9.17, 15) is 0 Å². The van der Waals surface area contributed by atoms with Gasteiger partial charge < -0.3 is 15.4 Å². The van der Waals surface area contributed by atoms with Crippen LogP contribution >= 0.6 is 22.7 Å². The van der Waals surface area contributed by atoms with Crippen LogP contribution in [-0.4, -0.2) is 17.9 Å². The lowest BCUT2D eigenvalue weighted by Crippen LogP contribution is -2.58. The van der Waals surface area contributed by atoms with Crippen LogP contribution in [-0.2, 0) is 0 Å². The third-order valence-electron chi connectivity index (χ3n) is 11.7. The number of nitrogens with one attached hydrogen (secondary N) is 2. The van der Waals surface area contributed by atoms with E-state index >= 15 is 0 Å². The molecule has 3 nitrogen and oxygen atoms in total. The van der Waals surface area contributed by atoms with E-state index in [4.69, 9.17) is 0 Å². The predicted molar refractivity (Wildman–Crippen MR) is 259 cm³/mol. The Morgan fingerprint density at radius 2 is 1.03 bits per heavy atom. The summed E-state index contributed by atoms with van der Waals surface area (Å²) in [5.74, 6) is 0. The van der Waals surface area contributed by atoms with Gasteiger partial charge in [-0.3, -0.25) is 0 Å². The molecule has 3 aliphatic rings. The molecule has 8 aromatic rings. The second-order valence-electron chi connectivity index (χ2n) is 16.9. The maximum absolute atomic E-state index is 3.63. The zero-order valence-electron chi connectivity index (χ0n) is 34.3. The molecule has 1 fully saturated rings. The molecule has 0 radical (unpaired) electrons. The number of hydrogen-bond donors (Lipinski definition) is 2. The molecule has 2 N–H and O–H groups in total. The van der Waals surface area contributed by atoms with Gasteiger partial charge in [-0.1, -0.05) is 127 Å². The maximum Gasteiger partial charge on any atom is 0.339 e. The molecular formula is C53H50BN3S2. The minimum absolute atomic E-state index is 0.260. The van der Waals surface area contributed by atoms with Gasteiger partial charge >= 0.3 is 6.85 Å². The van der Waals surface area contributed by atoms with Crippen LogP contribution in [0.2, 0.25) is 0 Å². The number of benzene rings is 6. The van der Waals surface area contributed by atoms with Gasteiger partial charge in [-0.15, -0.1) is 0 Å². The van der Waals surface area contributed by atoms with E-state index in [-0.39, 0.29) is 6.85 Å². The number of rotatable bonds is 4. The summed E-state index contributed by atoms with van der Waals surface area (Å²) in [6.07, 6.45) is 4.00. The second-order valence-corrected chi connectivity index (χ2v) is 18.7. The van der Waals surface area contributed by atoms with Crippen molar-refractivity contribution in [3.05, 3.63) is 180 Å². The van der Waals surface area contributed by atoms with Crippen LogP contribution in [0.15, 0.2) is 180 Å². The van der Waals surface area contributed by atoms with E-state index < -0.39 is 0 Å². The standard InChI is InChI=1S/C22H14BNS.C22H17NS.C9H19N/c1-4-10-19-15(7-1)16-8-2-5-11-20(16)24-21-12-6-3-9-17(21)18-13-14-25-22(18)23(19)24;1-2-8-17(9-3-1)19-10-4-6-12-21(19)23-22-13-7-5-11-20(22)18-14-15-24-16-18;1-8(2)6-5-7-9(3,4)10-8/h1-14H;1-16,23H;10H,5-7H2,1-4H3. The van der Waals surface area contributed by atoms with Crippen LogP contribution in [0.1, 0.15) is 47.0 Å². The smallest absolute Gasteiger partial charge is 0.339 e. The molecule has 11 rings (SSSR count). The van der Waals surface area contributed by atoms with Crippen molar-refractivity contribution in [1.29, 1.82) is 0 Å². The Labute approximate surface area is 358 Å². The molecule has 0 amide bonds. The van der Waals surface area contributed by atoms with E-state index in [1.807, 2.05) is 17.4 Å². The van der Waals surface area contributed by atoms with Crippen LogP contribution in [0.4, 0.5) is 22.7 Å². The van der Waals surface area contributed by atoms with Crippen molar-refractivity contribution in [1.82, 2.24) is 5.32 Å². The van der Waals surface area contributed by atoms with Gasteiger partial charge in [0.25, 0.3) is 0 Å². The Hall–Kier alpha value is -5.66. The first-order chi connectivity index (χ1) is 28.8. The van der Waals surface area contributed by atoms with Crippen molar-refractivity contribution >= 4 is 62.5 Å². The summed E-state index contributed by atoms with van der Waals surface area (Å²) in [7, 11) is 0. The fourth-order valence-electron chi connectivity index (χ4n) is 9.25. The highest BCUT2D eigenvalue weighted by Crippen LogP contribution is 2.46. The quantitative estimate of drug-likeness (QED) is 0.174. The average molecular weight is 804 g/mol. The van der Waals surface area contributed by atoms with E-state index in [0.29, 0.717) is 11.1 Å². The lowest BCUT2D eigenvalue weighted by molar-refractivity contribution is 0.183. The fraction of sp³-hybridized carbons (Fsp3) is 0.170. The van der Waals surface area contributed by atoms with Crippen molar-refractivity contribution in [2.45, 2.75) is 58.0 Å². The number of thiophene rings is 2. The van der Waals surface area contributed by atoms with Crippen LogP contribution < -0.4 is 25.7 Å². The second kappa shape index (κ2) is 16.5. The Kier molecular flexibility index (Phi) is 10.9. The van der Waals surface area contributed by atoms with Gasteiger partial charge in [-0.2, -0.15) is 22.7 Å². The average Bonchev–Trinajstić information content (AvgIpc) is 3.98. The number of hydrogen-bond acceptors (Lipinski definition) is 5. The molecular weight excluding hydrogens is 754 g/mol. The van der Waals surface area contributed by atoms with Crippen molar-refractivity contribution in [2.75, 3.05) is 10.1 Å². The van der Waals surface area contributed by atoms with Crippen LogP contribution in [0.25, 0.3) is 44.5 Å². The summed E-state index contributed by atoms with van der Waals surface area (Å²) in [5.41, 5.74) is 17.3. The summed E-state index contributed by atoms with van der Waals surface area (Å²) >= 11 is 3.59. The van der Waals surface area contributed by atoms with Crippen molar-refractivity contribution in [3.8, 4) is 44.5 Å². The first-order valence-electron chi connectivity index (χ1n) is 20.7. The molecule has 0 atom stereocenters. The van der Waals surface area contributed by atoms with Gasteiger partial charge in [0, 0.05) is 60.9 Å². The predicted octanol–water partition coefficient (Wildman–Crippen LogP) is 13.8. The molecule has 292 valence electrons. The number of anilines is 4. The monoisotopic (exact) mass is 803 g/mol. The topological polar surface area (TPSA) is 27.3 Å². The molecule has 2 aromatic heterocycles. The summed E-state index contributed by atoms with van der Waals surface area (Å²) in [6, 6.07) is 58.3. The zero-order chi connectivity index (χ0) is 40.4. The van der Waals surface area contributed by atoms with E-state index in [2.05, 4.69) is 217 Å². The number of nitrogens with zero attached hydrogens (tertiary/aromatic N) is 1. The summed E-state index contributed by atoms with van der Waals surface area (Å²) in [5, 5.41) is 13.8. The first kappa shape index (κ1) is 38.8. The highest BCUT2D eigenvalue weighted by atomic mass is 32.1. The molecule has 0 unspecified atom stereocenters. The third kappa shape index (κ3) is 8.05. The van der Waals surface area contributed by atoms with Crippen molar-refractivity contribution < 1.29 is 0 Å². The molecule has 3 aliphatic heterocycles. The van der Waals surface area contributed by atoms with Crippen molar-refractivity contribution in [2.24, 2.45) is 0 Å². The maximum atomic E-state index is 3.63. The number of fused-ring (bicyclic) bond motifs is 11. The summed E-state index contributed by atoms with van der Waals surface area (Å²) < 4.78 is 1.45. The Balaban J connectivity index is 0.000000124. The third-order valence-corrected chi connectivity index (χ3v) is 13.3. The van der Waals surface area contributed by atoms with Crippen LogP contribution in [0.3, 0.4) is 0 Å². The number of para-hydroxylation sites is 4. The van der Waals surface area contributed by atoms with E-state index in [0.717, 1.165) is 11.4 Å². The van der Waals surface area contributed by atoms with Crippen molar-refractivity contribution in [3.63, 3.8) is 0 Å². The molecule has 0 spiro atoms. The molecule has 0 bridgehead atoms. The minimum atomic E-state index is 0.260. The van der Waals surface area contributed by atoms with E-state index in [1.54, 1.807) is 11.3 Å². The zero-order valence-corrected chi connectivity index (χ0v) is 35.9. The van der Waals surface area contributed by atoms with Gasteiger partial charge in [0.15, 0.2) is 0 Å². The Morgan fingerprint density at radius 3 is 1.63 bits per heavy atom. The largest absolute Gasteiger partial charge is 0.375 e. The molecule has 6 heteroatoms. The summed E-state index contributed by atoms with van der Waals surface area (Å²) in [4.78, 5) is 2.53. The molecule has 0 saturated carbocycles. The number of piperidine rings is 1. The lowest BCUT2D eigenvalue weighted by Gasteiger charge is -2.42. The van der Waals surface area contributed by atoms with Crippen LogP contribution in [0, 0.1) is 0 Å². The highest BCUT2D eigenvalue weighted by molar-refractivity contribution is 7.25. The Morgan fingerprint density at radius 1 is 0.508 bits per heavy atom. The SMILES string of the molecule is CC1(C)CCCC(C)(C)N1.c1ccc(-c2ccccc2Nc2ccccc2-c2ccsc2)cc1.c1ccc2c(c1)B1c3sccc3-c3ccccc3N1c1ccccc1-2. The molecule has 1 saturated heterocycles. The molecule has 59 heavy (non-hydrogen) atoms. The van der Waals surface area contributed by atoms with Gasteiger partial charge in [0.2, 0.25) is 0 Å².